The third-order valence-corrected chi connectivity index (χ3v) is 6.66. The van der Waals surface area contributed by atoms with E-state index in [1.54, 1.807) is 24.4 Å². The van der Waals surface area contributed by atoms with Gasteiger partial charge in [0.1, 0.15) is 11.3 Å². The first-order valence-corrected chi connectivity index (χ1v) is 11.3. The molecule has 1 unspecified atom stereocenters. The number of anilines is 3. The van der Waals surface area contributed by atoms with Crippen molar-refractivity contribution < 1.29 is 13.9 Å². The molecule has 33 heavy (non-hydrogen) atoms. The fourth-order valence-electron chi connectivity index (χ4n) is 4.91. The Morgan fingerprint density at radius 3 is 2.73 bits per heavy atom. The summed E-state index contributed by atoms with van der Waals surface area (Å²) in [5.74, 6) is 0.320. The number of nitrogens with one attached hydrogen (secondary N) is 3. The number of fused-ring (bicyclic) bond motifs is 3. The van der Waals surface area contributed by atoms with Crippen molar-refractivity contribution >= 4 is 51.5 Å². The molecule has 5 heterocycles. The zero-order valence-corrected chi connectivity index (χ0v) is 19.1. The predicted molar refractivity (Wildman–Crippen MR) is 126 cm³/mol. The van der Waals surface area contributed by atoms with Crippen LogP contribution in [0.15, 0.2) is 24.4 Å². The van der Waals surface area contributed by atoms with Crippen LogP contribution >= 0.6 is 12.2 Å². The lowest BCUT2D eigenvalue weighted by Crippen LogP contribution is -2.51. The molecule has 2 aliphatic rings. The predicted octanol–water partition coefficient (Wildman–Crippen LogP) is 3.45. The van der Waals surface area contributed by atoms with Gasteiger partial charge in [-0.15, -0.1) is 0 Å². The van der Waals surface area contributed by atoms with Crippen LogP contribution in [0.5, 0.6) is 0 Å². The fourth-order valence-corrected chi connectivity index (χ4v) is 5.02. The number of methoxy groups -OCH3 is 1. The Balaban J connectivity index is 1.42. The molecule has 11 heteroatoms. The molecule has 3 aromatic heterocycles. The van der Waals surface area contributed by atoms with Crippen molar-refractivity contribution in [2.24, 2.45) is 0 Å². The van der Waals surface area contributed by atoms with E-state index in [1.807, 2.05) is 11.8 Å². The van der Waals surface area contributed by atoms with Crippen molar-refractivity contribution in [1.29, 1.82) is 0 Å². The van der Waals surface area contributed by atoms with Crippen LogP contribution < -0.4 is 10.6 Å². The summed E-state index contributed by atoms with van der Waals surface area (Å²) in [6.07, 6.45) is 4.89. The number of carbonyl (C=O) groups excluding carboxylic acids is 1. The molecule has 3 N–H and O–H groups in total. The van der Waals surface area contributed by atoms with Crippen molar-refractivity contribution in [2.45, 2.75) is 50.7 Å². The molecule has 0 saturated carbocycles. The first-order valence-electron chi connectivity index (χ1n) is 10.8. The monoisotopic (exact) mass is 469 g/mol. The zero-order valence-electron chi connectivity index (χ0n) is 18.3. The molecule has 2 aliphatic heterocycles. The molecule has 5 rings (SSSR count). The summed E-state index contributed by atoms with van der Waals surface area (Å²) in [7, 11) is 1.42. The number of H-pyrrole nitrogens is 1. The van der Waals surface area contributed by atoms with E-state index in [-0.39, 0.29) is 40.4 Å². The van der Waals surface area contributed by atoms with Crippen molar-refractivity contribution in [1.82, 2.24) is 25.1 Å². The van der Waals surface area contributed by atoms with E-state index in [9.17, 15) is 4.79 Å². The Bertz CT molecular complexity index is 1220. The fraction of sp³-hybridized carbons (Fsp3) is 0.409. The van der Waals surface area contributed by atoms with Crippen LogP contribution in [0.1, 0.15) is 31.4 Å². The molecule has 3 atom stereocenters. The maximum atomic E-state index is 15.2. The highest BCUT2D eigenvalue weighted by Gasteiger charge is 2.44. The Kier molecular flexibility index (Phi) is 5.57. The number of carbonyl (C=O) groups is 1. The highest BCUT2D eigenvalue weighted by molar-refractivity contribution is 7.81. The number of ether oxygens (including phenoxy) is 1. The number of rotatable bonds is 4. The highest BCUT2D eigenvalue weighted by Crippen LogP contribution is 2.38. The second-order valence-electron chi connectivity index (χ2n) is 8.49. The van der Waals surface area contributed by atoms with E-state index in [0.29, 0.717) is 17.0 Å². The number of hydrogen-bond acceptors (Lipinski definition) is 8. The van der Waals surface area contributed by atoms with Gasteiger partial charge >= 0.3 is 5.91 Å². The lowest BCUT2D eigenvalue weighted by Gasteiger charge is -2.39. The number of piperidine rings is 1. The summed E-state index contributed by atoms with van der Waals surface area (Å²) in [4.78, 5) is 23.3. The number of thiocarbonyl (C=S) groups is 1. The quantitative estimate of drug-likeness (QED) is 0.499. The number of halogens is 1. The lowest BCUT2D eigenvalue weighted by molar-refractivity contribution is -0.129. The molecule has 9 nitrogen and oxygen atoms in total. The topological polar surface area (TPSA) is 108 Å². The van der Waals surface area contributed by atoms with Gasteiger partial charge in [0.25, 0.3) is 5.05 Å². The van der Waals surface area contributed by atoms with Gasteiger partial charge in [0.05, 0.1) is 7.11 Å². The van der Waals surface area contributed by atoms with E-state index in [2.05, 4.69) is 30.8 Å². The summed E-state index contributed by atoms with van der Waals surface area (Å²) < 4.78 is 20.2. The van der Waals surface area contributed by atoms with E-state index >= 15 is 4.39 Å². The number of amides is 1. The smallest absolute Gasteiger partial charge is 0.301 e. The second kappa shape index (κ2) is 8.54. The average molecular weight is 470 g/mol. The molecule has 0 aliphatic carbocycles. The summed E-state index contributed by atoms with van der Waals surface area (Å²) >= 11 is 5.07. The SMILES string of the molecule is COC(=S)C(=O)N1[C@@H]2CC[C@H]1CC(Nc1nc(Nc3cc(C)[nH]n3)c(F)c3ncccc13)C2. The van der Waals surface area contributed by atoms with Gasteiger partial charge in [-0.3, -0.25) is 14.9 Å². The van der Waals surface area contributed by atoms with Crippen molar-refractivity contribution in [3.05, 3.63) is 35.9 Å². The van der Waals surface area contributed by atoms with Crippen LogP contribution in [-0.2, 0) is 9.53 Å². The second-order valence-corrected chi connectivity index (χ2v) is 8.86. The summed E-state index contributed by atoms with van der Waals surface area (Å²) in [6, 6.07) is 5.56. The normalized spacial score (nSPS) is 21.8. The molecule has 172 valence electrons. The standard InChI is InChI=1S/C22H24FN7O2S/c1-11-8-16(29-28-11)26-20-17(23)18-15(4-3-7-24-18)19(27-20)25-12-9-13-5-6-14(10-12)30(13)21(31)22(33)32-2/h3-4,7-8,12-14H,5-6,9-10H2,1-2H3,(H3,25,26,27,28,29)/t12?,13-,14+. The largest absolute Gasteiger partial charge is 0.483 e. The molecule has 2 saturated heterocycles. The minimum atomic E-state index is -0.537. The van der Waals surface area contributed by atoms with E-state index in [4.69, 9.17) is 17.0 Å². The van der Waals surface area contributed by atoms with Crippen LogP contribution in [0.2, 0.25) is 0 Å². The molecule has 3 aromatic rings. The van der Waals surface area contributed by atoms with Crippen LogP contribution in [0.3, 0.4) is 0 Å². The van der Waals surface area contributed by atoms with Gasteiger partial charge in [-0.25, -0.2) is 9.37 Å². The third kappa shape index (κ3) is 3.97. The number of nitrogens with zero attached hydrogens (tertiary/aromatic N) is 4. The van der Waals surface area contributed by atoms with E-state index in [1.165, 1.54) is 7.11 Å². The van der Waals surface area contributed by atoms with Crippen molar-refractivity contribution in [2.75, 3.05) is 17.7 Å². The van der Waals surface area contributed by atoms with Crippen molar-refractivity contribution in [3.8, 4) is 0 Å². The zero-order chi connectivity index (χ0) is 23.1. The minimum absolute atomic E-state index is 0.0000944. The first-order chi connectivity index (χ1) is 15.9. The van der Waals surface area contributed by atoms with E-state index < -0.39 is 5.82 Å². The first kappa shape index (κ1) is 21.5. The Morgan fingerprint density at radius 1 is 1.30 bits per heavy atom. The van der Waals surface area contributed by atoms with Gasteiger partial charge in [-0.1, -0.05) is 0 Å². The third-order valence-electron chi connectivity index (χ3n) is 6.32. The van der Waals surface area contributed by atoms with Gasteiger partial charge in [0, 0.05) is 41.5 Å². The van der Waals surface area contributed by atoms with Crippen LogP contribution in [-0.4, -0.2) is 61.3 Å². The van der Waals surface area contributed by atoms with E-state index in [0.717, 1.165) is 31.4 Å². The molecular formula is C22H24FN7O2S. The van der Waals surface area contributed by atoms with Gasteiger partial charge in [-0.2, -0.15) is 5.10 Å². The average Bonchev–Trinajstić information content (AvgIpc) is 3.35. The van der Waals surface area contributed by atoms with Crippen molar-refractivity contribution in [3.63, 3.8) is 0 Å². The van der Waals surface area contributed by atoms with Gasteiger partial charge in [0.15, 0.2) is 17.5 Å². The summed E-state index contributed by atoms with van der Waals surface area (Å²) in [5.41, 5.74) is 1.07. The van der Waals surface area contributed by atoms with Gasteiger partial charge in [0.2, 0.25) is 0 Å². The van der Waals surface area contributed by atoms with Gasteiger partial charge < -0.3 is 20.3 Å². The Hall–Kier alpha value is -3.34. The molecular weight excluding hydrogens is 445 g/mol. The highest BCUT2D eigenvalue weighted by atomic mass is 32.1. The molecule has 0 spiro atoms. The molecule has 2 fully saturated rings. The molecule has 2 bridgehead atoms. The molecule has 0 aromatic carbocycles. The molecule has 1 amide bonds. The maximum absolute atomic E-state index is 15.2. The number of pyridine rings is 2. The number of aromatic amines is 1. The maximum Gasteiger partial charge on any atom is 0.301 e. The minimum Gasteiger partial charge on any atom is -0.483 e. The summed E-state index contributed by atoms with van der Waals surface area (Å²) in [6.45, 7) is 1.86. The van der Waals surface area contributed by atoms with Gasteiger partial charge in [-0.05, 0) is 57.0 Å². The lowest BCUT2D eigenvalue weighted by atomic mass is 9.97. The number of hydrogen-bond donors (Lipinski definition) is 3. The van der Waals surface area contributed by atoms with Crippen LogP contribution in [0, 0.1) is 12.7 Å². The Morgan fingerprint density at radius 2 is 2.06 bits per heavy atom. The van der Waals surface area contributed by atoms with Crippen LogP contribution in [0.25, 0.3) is 10.9 Å². The number of aryl methyl sites for hydroxylation is 1. The van der Waals surface area contributed by atoms with Crippen LogP contribution in [0.4, 0.5) is 21.8 Å². The number of aromatic nitrogens is 4. The summed E-state index contributed by atoms with van der Waals surface area (Å²) in [5, 5.41) is 14.0. The Labute approximate surface area is 195 Å². The molecule has 0 radical (unpaired) electrons.